The summed E-state index contributed by atoms with van der Waals surface area (Å²) in [5.41, 5.74) is 5.72. The summed E-state index contributed by atoms with van der Waals surface area (Å²) in [5.74, 6) is 3.08. The molecule has 1 saturated carbocycles. The number of guanidine groups is 1. The summed E-state index contributed by atoms with van der Waals surface area (Å²) in [6.45, 7) is 0.627. The van der Waals surface area contributed by atoms with Gasteiger partial charge in [0.05, 0.1) is 6.54 Å². The van der Waals surface area contributed by atoms with Gasteiger partial charge in [-0.15, -0.1) is 12.3 Å². The monoisotopic (exact) mass is 193 g/mol. The summed E-state index contributed by atoms with van der Waals surface area (Å²) < 4.78 is 0. The number of hydrogen-bond donors (Lipinski definition) is 2. The Balaban J connectivity index is 2.21. The van der Waals surface area contributed by atoms with E-state index in [-0.39, 0.29) is 0 Å². The Labute approximate surface area is 86.2 Å². The van der Waals surface area contributed by atoms with E-state index in [2.05, 4.69) is 16.2 Å². The van der Waals surface area contributed by atoms with Crippen LogP contribution in [0.4, 0.5) is 0 Å². The summed E-state index contributed by atoms with van der Waals surface area (Å²) in [6.07, 6.45) is 12.2. The van der Waals surface area contributed by atoms with Gasteiger partial charge >= 0.3 is 0 Å². The van der Waals surface area contributed by atoms with Gasteiger partial charge in [0.2, 0.25) is 0 Å². The van der Waals surface area contributed by atoms with Gasteiger partial charge in [0, 0.05) is 12.5 Å². The highest BCUT2D eigenvalue weighted by Crippen LogP contribution is 2.16. The van der Waals surface area contributed by atoms with E-state index in [1.807, 2.05) is 0 Å². The number of hydrogen-bond acceptors (Lipinski definition) is 1. The lowest BCUT2D eigenvalue weighted by atomic mass is 9.96. The van der Waals surface area contributed by atoms with Crippen molar-refractivity contribution in [2.45, 2.75) is 44.6 Å². The van der Waals surface area contributed by atoms with E-state index >= 15 is 0 Å². The SMILES string of the molecule is C#CCCN=C(N)NC1CCCCC1. The molecule has 3 N–H and O–H groups in total. The first-order chi connectivity index (χ1) is 6.83. The van der Waals surface area contributed by atoms with Crippen molar-refractivity contribution in [1.29, 1.82) is 0 Å². The van der Waals surface area contributed by atoms with Crippen molar-refractivity contribution >= 4 is 5.96 Å². The van der Waals surface area contributed by atoms with Crippen molar-refractivity contribution in [3.8, 4) is 12.3 Å². The van der Waals surface area contributed by atoms with Crippen LogP contribution in [0.5, 0.6) is 0 Å². The fraction of sp³-hybridized carbons (Fsp3) is 0.727. The molecule has 0 aromatic heterocycles. The van der Waals surface area contributed by atoms with Crippen LogP contribution < -0.4 is 11.1 Å². The smallest absolute Gasteiger partial charge is 0.188 e. The largest absolute Gasteiger partial charge is 0.370 e. The Morgan fingerprint density at radius 3 is 2.79 bits per heavy atom. The summed E-state index contributed by atoms with van der Waals surface area (Å²) in [7, 11) is 0. The number of nitrogens with two attached hydrogens (primary N) is 1. The molecule has 0 bridgehead atoms. The molecule has 78 valence electrons. The second-order valence-electron chi connectivity index (χ2n) is 3.70. The molecule has 1 fully saturated rings. The van der Waals surface area contributed by atoms with E-state index in [0.717, 1.165) is 0 Å². The summed E-state index contributed by atoms with van der Waals surface area (Å²) >= 11 is 0. The molecule has 0 aromatic carbocycles. The maximum absolute atomic E-state index is 5.72. The molecule has 3 nitrogen and oxygen atoms in total. The molecule has 0 aliphatic heterocycles. The highest BCUT2D eigenvalue weighted by Gasteiger charge is 2.12. The van der Waals surface area contributed by atoms with Gasteiger partial charge in [-0.1, -0.05) is 19.3 Å². The molecule has 3 heteroatoms. The molecule has 0 saturated heterocycles. The van der Waals surface area contributed by atoms with E-state index in [1.54, 1.807) is 0 Å². The van der Waals surface area contributed by atoms with Gasteiger partial charge in [-0.05, 0) is 12.8 Å². The van der Waals surface area contributed by atoms with Gasteiger partial charge in [-0.3, -0.25) is 4.99 Å². The maximum Gasteiger partial charge on any atom is 0.188 e. The Morgan fingerprint density at radius 2 is 2.14 bits per heavy atom. The lowest BCUT2D eigenvalue weighted by molar-refractivity contribution is 0.412. The Bertz CT molecular complexity index is 221. The first-order valence-corrected chi connectivity index (χ1v) is 5.33. The molecular formula is C11H19N3. The van der Waals surface area contributed by atoms with Crippen molar-refractivity contribution in [3.05, 3.63) is 0 Å². The highest BCUT2D eigenvalue weighted by atomic mass is 15.1. The number of nitrogens with one attached hydrogen (secondary N) is 1. The lowest BCUT2D eigenvalue weighted by Gasteiger charge is -2.23. The Morgan fingerprint density at radius 1 is 1.43 bits per heavy atom. The minimum atomic E-state index is 0.526. The van der Waals surface area contributed by atoms with Gasteiger partial charge in [0.15, 0.2) is 5.96 Å². The van der Waals surface area contributed by atoms with E-state index in [9.17, 15) is 0 Å². The van der Waals surface area contributed by atoms with Crippen LogP contribution in [0, 0.1) is 12.3 Å². The minimum Gasteiger partial charge on any atom is -0.370 e. The van der Waals surface area contributed by atoms with Crippen LogP contribution in [0.15, 0.2) is 4.99 Å². The second kappa shape index (κ2) is 6.31. The van der Waals surface area contributed by atoms with Crippen LogP contribution in [-0.4, -0.2) is 18.5 Å². The fourth-order valence-corrected chi connectivity index (χ4v) is 1.74. The topological polar surface area (TPSA) is 50.4 Å². The normalized spacial score (nSPS) is 18.9. The molecule has 0 unspecified atom stereocenters. The molecule has 0 aromatic rings. The minimum absolute atomic E-state index is 0.526. The van der Waals surface area contributed by atoms with Crippen LogP contribution in [0.2, 0.25) is 0 Å². The molecule has 0 heterocycles. The van der Waals surface area contributed by atoms with E-state index in [1.165, 1.54) is 32.1 Å². The zero-order valence-electron chi connectivity index (χ0n) is 8.63. The fourth-order valence-electron chi connectivity index (χ4n) is 1.74. The van der Waals surface area contributed by atoms with E-state index < -0.39 is 0 Å². The molecule has 1 aliphatic carbocycles. The van der Waals surface area contributed by atoms with E-state index in [0.29, 0.717) is 25.0 Å². The third-order valence-electron chi connectivity index (χ3n) is 2.50. The van der Waals surface area contributed by atoms with Crippen LogP contribution >= 0.6 is 0 Å². The first-order valence-electron chi connectivity index (χ1n) is 5.33. The van der Waals surface area contributed by atoms with Gasteiger partial charge in [0.1, 0.15) is 0 Å². The molecule has 0 amide bonds. The van der Waals surface area contributed by atoms with Gasteiger partial charge in [0.25, 0.3) is 0 Å². The van der Waals surface area contributed by atoms with Crippen LogP contribution in [0.3, 0.4) is 0 Å². The molecular weight excluding hydrogens is 174 g/mol. The number of aliphatic imine (C=N–C) groups is 1. The molecule has 0 spiro atoms. The quantitative estimate of drug-likeness (QED) is 0.307. The maximum atomic E-state index is 5.72. The van der Waals surface area contributed by atoms with Gasteiger partial charge < -0.3 is 11.1 Å². The zero-order chi connectivity index (χ0) is 10.2. The molecule has 14 heavy (non-hydrogen) atoms. The van der Waals surface area contributed by atoms with E-state index in [4.69, 9.17) is 12.2 Å². The zero-order valence-corrected chi connectivity index (χ0v) is 8.63. The van der Waals surface area contributed by atoms with Crippen molar-refractivity contribution in [2.24, 2.45) is 10.7 Å². The third-order valence-corrected chi connectivity index (χ3v) is 2.50. The first kappa shape index (κ1) is 10.9. The third kappa shape index (κ3) is 4.18. The molecule has 0 atom stereocenters. The van der Waals surface area contributed by atoms with Crippen molar-refractivity contribution < 1.29 is 0 Å². The molecule has 1 rings (SSSR count). The summed E-state index contributed by atoms with van der Waals surface area (Å²) in [6, 6.07) is 0.526. The Kier molecular flexibility index (Phi) is 4.92. The molecule has 1 aliphatic rings. The summed E-state index contributed by atoms with van der Waals surface area (Å²) in [5, 5.41) is 3.24. The number of rotatable bonds is 3. The van der Waals surface area contributed by atoms with Crippen molar-refractivity contribution in [2.75, 3.05) is 6.54 Å². The van der Waals surface area contributed by atoms with Crippen molar-refractivity contribution in [1.82, 2.24) is 5.32 Å². The summed E-state index contributed by atoms with van der Waals surface area (Å²) in [4.78, 5) is 4.15. The average molecular weight is 193 g/mol. The highest BCUT2D eigenvalue weighted by molar-refractivity contribution is 5.78. The van der Waals surface area contributed by atoms with Crippen molar-refractivity contribution in [3.63, 3.8) is 0 Å². The van der Waals surface area contributed by atoms with Gasteiger partial charge in [-0.2, -0.15) is 0 Å². The van der Waals surface area contributed by atoms with Crippen LogP contribution in [-0.2, 0) is 0 Å². The standard InChI is InChI=1S/C11H19N3/c1-2-3-9-13-11(12)14-10-7-5-4-6-8-10/h1,10H,3-9H2,(H3,12,13,14). The second-order valence-corrected chi connectivity index (χ2v) is 3.70. The predicted octanol–water partition coefficient (Wildman–Crippen LogP) is 1.25. The van der Waals surface area contributed by atoms with Crippen LogP contribution in [0.25, 0.3) is 0 Å². The number of nitrogens with zero attached hydrogens (tertiary/aromatic N) is 1. The lowest BCUT2D eigenvalue weighted by Crippen LogP contribution is -2.41. The predicted molar refractivity (Wildman–Crippen MR) is 59.9 cm³/mol. The van der Waals surface area contributed by atoms with Crippen LogP contribution in [0.1, 0.15) is 38.5 Å². The van der Waals surface area contributed by atoms with Gasteiger partial charge in [-0.25, -0.2) is 0 Å². The number of terminal acetylenes is 1. The Hall–Kier alpha value is -1.17. The average Bonchev–Trinajstić information content (AvgIpc) is 2.20. The molecule has 0 radical (unpaired) electrons.